The lowest BCUT2D eigenvalue weighted by molar-refractivity contribution is -0.236. The van der Waals surface area contributed by atoms with E-state index in [1.165, 1.54) is 12.1 Å². The maximum atomic E-state index is 13.7. The Hall–Kier alpha value is -1.17. The third kappa shape index (κ3) is 4.47. The molecular weight excluding hydrogens is 404 g/mol. The first-order chi connectivity index (χ1) is 11.1. The normalized spacial score (nSPS) is 17.8. The van der Waals surface area contributed by atoms with E-state index >= 15 is 0 Å². The summed E-state index contributed by atoms with van der Waals surface area (Å²) in [5.74, 6) is -0.403. The van der Waals surface area contributed by atoms with Crippen LogP contribution in [0.4, 0.5) is 32.5 Å². The molecule has 2 rings (SSSR count). The summed E-state index contributed by atoms with van der Waals surface area (Å²) in [7, 11) is 0. The van der Waals surface area contributed by atoms with Crippen LogP contribution in [0.15, 0.2) is 24.3 Å². The maximum absolute atomic E-state index is 13.7. The topological polar surface area (TPSA) is 36.0 Å². The average Bonchev–Trinajstić information content (AvgIpc) is 2.75. The number of carbonyl (C=O) groups excluding carboxylic acids is 1. The first-order valence-corrected chi connectivity index (χ1v) is 7.78. The number of benzene rings is 1. The largest absolute Gasteiger partial charge is 0.457 e. The second-order valence-corrected chi connectivity index (χ2v) is 7.02. The van der Waals surface area contributed by atoms with E-state index in [-0.39, 0.29) is 17.6 Å². The van der Waals surface area contributed by atoms with Crippen molar-refractivity contribution >= 4 is 46.9 Å². The van der Waals surface area contributed by atoms with Crippen LogP contribution in [0.1, 0.15) is 0 Å². The number of carbonyl (C=O) groups is 1. The molecule has 0 N–H and O–H groups in total. The number of alkyl halides is 6. The molecule has 0 bridgehead atoms. The minimum absolute atomic E-state index is 0.154. The van der Waals surface area contributed by atoms with E-state index in [1.54, 1.807) is 0 Å². The highest BCUT2D eigenvalue weighted by molar-refractivity contribution is 8.00. The molecule has 1 aliphatic heterocycles. The highest BCUT2D eigenvalue weighted by atomic mass is 35.5. The third-order valence-corrected chi connectivity index (χ3v) is 3.83. The van der Waals surface area contributed by atoms with Gasteiger partial charge in [0, 0.05) is 5.69 Å². The van der Waals surface area contributed by atoms with Crippen LogP contribution in [-0.4, -0.2) is 39.0 Å². The molecule has 2 amide bonds. The van der Waals surface area contributed by atoms with Crippen molar-refractivity contribution in [3.8, 4) is 5.75 Å². The van der Waals surface area contributed by atoms with Gasteiger partial charge in [-0.15, -0.1) is 4.41 Å². The van der Waals surface area contributed by atoms with E-state index in [2.05, 4.69) is 4.74 Å². The summed E-state index contributed by atoms with van der Waals surface area (Å²) < 4.78 is 66.6. The van der Waals surface area contributed by atoms with Gasteiger partial charge in [-0.1, -0.05) is 32.9 Å². The minimum Gasteiger partial charge on any atom is -0.452 e. The number of urea groups is 1. The maximum Gasteiger partial charge on any atom is 0.457 e. The number of nitrogens with zero attached hydrogens (tertiary/aromatic N) is 3. The number of ether oxygens (including phenoxy) is 1. The number of amides is 2. The predicted molar refractivity (Wildman–Crippen MR) is 78.6 cm³/mol. The number of hydrogen-bond acceptors (Lipinski definition) is 4. The molecular formula is C11H8Cl2F5N3O2S. The van der Waals surface area contributed by atoms with Crippen LogP contribution in [-0.2, 0) is 0 Å². The van der Waals surface area contributed by atoms with Crippen LogP contribution in [0, 0.1) is 0 Å². The molecule has 0 aromatic heterocycles. The van der Waals surface area contributed by atoms with Gasteiger partial charge in [-0.25, -0.2) is 4.79 Å². The van der Waals surface area contributed by atoms with Gasteiger partial charge in [-0.3, -0.25) is 4.90 Å². The molecule has 134 valence electrons. The molecule has 1 fully saturated rings. The zero-order valence-corrected chi connectivity index (χ0v) is 13.7. The van der Waals surface area contributed by atoms with Gasteiger partial charge in [0.25, 0.3) is 0 Å². The first kappa shape index (κ1) is 19.2. The number of anilines is 1. The SMILES string of the molecule is O=C1N(c2ccc(OC(F)C(F)(F)F)cc2)CN(SC(Cl)Cl)N1F. The van der Waals surface area contributed by atoms with Crippen molar-refractivity contribution in [2.24, 2.45) is 0 Å². The molecule has 0 aliphatic carbocycles. The van der Waals surface area contributed by atoms with Gasteiger partial charge in [-0.05, 0) is 36.2 Å². The smallest absolute Gasteiger partial charge is 0.452 e. The van der Waals surface area contributed by atoms with Gasteiger partial charge in [0.05, 0.1) is 0 Å². The van der Waals surface area contributed by atoms with Gasteiger partial charge in [0.2, 0.25) is 0 Å². The van der Waals surface area contributed by atoms with E-state index < -0.39 is 28.5 Å². The Balaban J connectivity index is 2.07. The summed E-state index contributed by atoms with van der Waals surface area (Å²) in [6.45, 7) is -0.246. The Morgan fingerprint density at radius 3 is 2.29 bits per heavy atom. The molecule has 0 spiro atoms. The molecule has 1 aliphatic rings. The Bertz CT molecular complexity index is 592. The van der Waals surface area contributed by atoms with Gasteiger partial charge < -0.3 is 4.74 Å². The zero-order chi connectivity index (χ0) is 18.1. The van der Waals surface area contributed by atoms with E-state index in [9.17, 15) is 26.8 Å². The highest BCUT2D eigenvalue weighted by Gasteiger charge is 2.42. The summed E-state index contributed by atoms with van der Waals surface area (Å²) in [5.41, 5.74) is 0.154. The summed E-state index contributed by atoms with van der Waals surface area (Å²) in [4.78, 5) is 12.7. The quantitative estimate of drug-likeness (QED) is 0.306. The van der Waals surface area contributed by atoms with E-state index in [1.807, 2.05) is 0 Å². The van der Waals surface area contributed by atoms with Crippen LogP contribution in [0.25, 0.3) is 0 Å². The van der Waals surface area contributed by atoms with Crippen molar-refractivity contribution in [2.75, 3.05) is 11.6 Å². The van der Waals surface area contributed by atoms with Crippen LogP contribution >= 0.6 is 35.1 Å². The number of rotatable bonds is 5. The molecule has 0 saturated carbocycles. The first-order valence-electron chi connectivity index (χ1n) is 6.07. The lowest BCUT2D eigenvalue weighted by Gasteiger charge is -2.17. The van der Waals surface area contributed by atoms with Gasteiger partial charge in [0.15, 0.2) is 4.17 Å². The summed E-state index contributed by atoms with van der Waals surface area (Å²) in [6, 6.07) is 3.34. The second kappa shape index (κ2) is 7.38. The predicted octanol–water partition coefficient (Wildman–Crippen LogP) is 4.63. The third-order valence-electron chi connectivity index (χ3n) is 2.69. The standard InChI is InChI=1S/C11H8Cl2F5N3O2S/c12-9(13)24-20-5-19(10(22)21(20)18)6-1-3-7(4-2-6)23-8(14)11(15,16)17/h1-4,8-9H,5H2. The fourth-order valence-electron chi connectivity index (χ4n) is 1.68. The monoisotopic (exact) mass is 411 g/mol. The van der Waals surface area contributed by atoms with Gasteiger partial charge in [-0.2, -0.15) is 17.6 Å². The van der Waals surface area contributed by atoms with Crippen molar-refractivity contribution < 1.29 is 31.6 Å². The van der Waals surface area contributed by atoms with Gasteiger partial charge >= 0.3 is 18.6 Å². The Morgan fingerprint density at radius 1 is 1.21 bits per heavy atom. The molecule has 1 aromatic carbocycles. The van der Waals surface area contributed by atoms with Crippen molar-refractivity contribution in [3.63, 3.8) is 0 Å². The van der Waals surface area contributed by atoms with Crippen LogP contribution in [0.2, 0.25) is 0 Å². The molecule has 5 nitrogen and oxygen atoms in total. The fourth-order valence-corrected chi connectivity index (χ4v) is 2.75. The molecule has 24 heavy (non-hydrogen) atoms. The average molecular weight is 412 g/mol. The zero-order valence-electron chi connectivity index (χ0n) is 11.4. The second-order valence-electron chi connectivity index (χ2n) is 4.30. The van der Waals surface area contributed by atoms with Crippen LogP contribution in [0.5, 0.6) is 5.75 Å². The van der Waals surface area contributed by atoms with E-state index in [0.717, 1.165) is 21.4 Å². The fraction of sp³-hybridized carbons (Fsp3) is 0.364. The Labute approximate surface area is 146 Å². The highest BCUT2D eigenvalue weighted by Crippen LogP contribution is 2.33. The van der Waals surface area contributed by atoms with Crippen molar-refractivity contribution in [1.82, 2.24) is 9.65 Å². The molecule has 13 heteroatoms. The van der Waals surface area contributed by atoms with E-state index in [4.69, 9.17) is 23.2 Å². The lowest BCUT2D eigenvalue weighted by atomic mass is 10.3. The molecule has 0 radical (unpaired) electrons. The summed E-state index contributed by atoms with van der Waals surface area (Å²) in [6.07, 6.45) is -8.63. The molecule has 1 aromatic rings. The Kier molecular flexibility index (Phi) is 5.89. The van der Waals surface area contributed by atoms with Crippen molar-refractivity contribution in [2.45, 2.75) is 16.7 Å². The van der Waals surface area contributed by atoms with Crippen molar-refractivity contribution in [1.29, 1.82) is 0 Å². The number of hydrogen-bond donors (Lipinski definition) is 0. The molecule has 1 unspecified atom stereocenters. The van der Waals surface area contributed by atoms with Crippen LogP contribution < -0.4 is 9.64 Å². The lowest BCUT2D eigenvalue weighted by Crippen LogP contribution is -2.30. The van der Waals surface area contributed by atoms with Gasteiger partial charge in [0.1, 0.15) is 12.4 Å². The minimum atomic E-state index is -5.16. The number of hydrazine groups is 1. The summed E-state index contributed by atoms with van der Waals surface area (Å²) in [5, 5.41) is -0.214. The molecule has 1 atom stereocenters. The van der Waals surface area contributed by atoms with Crippen LogP contribution in [0.3, 0.4) is 0 Å². The molecule has 1 heterocycles. The van der Waals surface area contributed by atoms with Crippen molar-refractivity contribution in [3.05, 3.63) is 24.3 Å². The van der Waals surface area contributed by atoms with E-state index in [0.29, 0.717) is 11.9 Å². The Morgan fingerprint density at radius 2 is 1.79 bits per heavy atom. The molecule has 1 saturated heterocycles. The number of halogens is 7. The summed E-state index contributed by atoms with van der Waals surface area (Å²) >= 11 is 11.6.